The van der Waals surface area contributed by atoms with Gasteiger partial charge in [-0.2, -0.15) is 0 Å². The van der Waals surface area contributed by atoms with Gasteiger partial charge in [-0.3, -0.25) is 9.89 Å². The van der Waals surface area contributed by atoms with Gasteiger partial charge in [-0.1, -0.05) is 19.9 Å². The number of rotatable bonds is 6. The predicted molar refractivity (Wildman–Crippen MR) is 96.0 cm³/mol. The lowest BCUT2D eigenvalue weighted by Gasteiger charge is -2.37. The van der Waals surface area contributed by atoms with E-state index in [-0.39, 0.29) is 24.0 Å². The Balaban J connectivity index is 0.00000361. The zero-order valence-electron chi connectivity index (χ0n) is 12.9. The highest BCUT2D eigenvalue weighted by molar-refractivity contribution is 14.0. The van der Waals surface area contributed by atoms with Gasteiger partial charge in [0.1, 0.15) is 0 Å². The van der Waals surface area contributed by atoms with Crippen molar-refractivity contribution < 1.29 is 4.74 Å². The Morgan fingerprint density at radius 3 is 2.50 bits per heavy atom. The molecule has 0 radical (unpaired) electrons. The lowest BCUT2D eigenvalue weighted by molar-refractivity contribution is 0.00752. The molecular weight excluding hydrogens is 367 g/mol. The van der Waals surface area contributed by atoms with Crippen molar-refractivity contribution >= 4 is 29.9 Å². The molecule has 2 N–H and O–H groups in total. The highest BCUT2D eigenvalue weighted by Crippen LogP contribution is 2.12. The fourth-order valence-electron chi connectivity index (χ4n) is 2.29. The average Bonchev–Trinajstić information content (AvgIpc) is 2.43. The molecule has 0 aromatic carbocycles. The first-order valence-electron chi connectivity index (χ1n) is 7.06. The summed E-state index contributed by atoms with van der Waals surface area (Å²) in [4.78, 5) is 6.71. The number of nitrogens with one attached hydrogen (secondary N) is 2. The van der Waals surface area contributed by atoms with Gasteiger partial charge in [0.25, 0.3) is 0 Å². The number of ether oxygens (including phenoxy) is 1. The van der Waals surface area contributed by atoms with Crippen LogP contribution in [-0.4, -0.2) is 63.3 Å². The van der Waals surface area contributed by atoms with E-state index in [1.54, 1.807) is 7.05 Å². The Morgan fingerprint density at radius 2 is 2.00 bits per heavy atom. The highest BCUT2D eigenvalue weighted by atomic mass is 127. The number of halogens is 1. The maximum Gasteiger partial charge on any atom is 0.191 e. The molecule has 0 saturated carbocycles. The van der Waals surface area contributed by atoms with Crippen molar-refractivity contribution in [2.75, 3.05) is 46.4 Å². The Kier molecular flexibility index (Phi) is 11.1. The summed E-state index contributed by atoms with van der Waals surface area (Å²) in [5, 5.41) is 6.59. The van der Waals surface area contributed by atoms with Crippen LogP contribution in [-0.2, 0) is 4.74 Å². The van der Waals surface area contributed by atoms with E-state index in [9.17, 15) is 0 Å². The third-order valence-electron chi connectivity index (χ3n) is 3.40. The van der Waals surface area contributed by atoms with E-state index in [0.29, 0.717) is 12.0 Å². The molecule has 1 saturated heterocycles. The molecule has 0 aromatic rings. The van der Waals surface area contributed by atoms with Crippen LogP contribution in [0.2, 0.25) is 0 Å². The summed E-state index contributed by atoms with van der Waals surface area (Å²) >= 11 is 0. The topological polar surface area (TPSA) is 48.9 Å². The quantitative estimate of drug-likeness (QED) is 0.308. The first kappa shape index (κ1) is 19.7. The predicted octanol–water partition coefficient (Wildman–Crippen LogP) is 1.31. The molecule has 1 heterocycles. The minimum atomic E-state index is 0. The third kappa shape index (κ3) is 6.90. The fraction of sp³-hybridized carbons (Fsp3) is 0.786. The zero-order valence-corrected chi connectivity index (χ0v) is 15.2. The number of hydrogen-bond acceptors (Lipinski definition) is 3. The zero-order chi connectivity index (χ0) is 14.1. The molecule has 1 rings (SSSR count). The Labute approximate surface area is 140 Å². The van der Waals surface area contributed by atoms with Gasteiger partial charge in [0, 0.05) is 39.3 Å². The minimum absolute atomic E-state index is 0. The summed E-state index contributed by atoms with van der Waals surface area (Å²) in [7, 11) is 1.79. The Bertz CT molecular complexity index is 291. The van der Waals surface area contributed by atoms with Crippen molar-refractivity contribution in [1.82, 2.24) is 15.5 Å². The van der Waals surface area contributed by atoms with Crippen LogP contribution in [0.3, 0.4) is 0 Å². The molecule has 0 amide bonds. The molecule has 6 heteroatoms. The largest absolute Gasteiger partial charge is 0.379 e. The SMILES string of the molecule is C=CCNC(=NC)NCC(C(C)C)N1CCOCC1.I. The van der Waals surface area contributed by atoms with Crippen LogP contribution in [0.5, 0.6) is 0 Å². The molecule has 0 bridgehead atoms. The van der Waals surface area contributed by atoms with Crippen LogP contribution in [0, 0.1) is 5.92 Å². The van der Waals surface area contributed by atoms with Crippen LogP contribution >= 0.6 is 24.0 Å². The normalized spacial score (nSPS) is 18.3. The lowest BCUT2D eigenvalue weighted by atomic mass is 10.0. The van der Waals surface area contributed by atoms with E-state index >= 15 is 0 Å². The molecule has 1 atom stereocenters. The molecule has 1 aliphatic rings. The second-order valence-electron chi connectivity index (χ2n) is 5.08. The van der Waals surface area contributed by atoms with Crippen LogP contribution in [0.1, 0.15) is 13.8 Å². The van der Waals surface area contributed by atoms with Gasteiger partial charge in [-0.05, 0) is 5.92 Å². The number of hydrogen-bond donors (Lipinski definition) is 2. The van der Waals surface area contributed by atoms with Crippen molar-refractivity contribution in [2.45, 2.75) is 19.9 Å². The number of aliphatic imine (C=N–C) groups is 1. The van der Waals surface area contributed by atoms with Gasteiger partial charge in [-0.15, -0.1) is 30.6 Å². The van der Waals surface area contributed by atoms with Gasteiger partial charge < -0.3 is 15.4 Å². The molecule has 1 aliphatic heterocycles. The van der Waals surface area contributed by atoms with E-state index in [1.165, 1.54) is 0 Å². The van der Waals surface area contributed by atoms with Crippen LogP contribution in [0.25, 0.3) is 0 Å². The molecule has 20 heavy (non-hydrogen) atoms. The Hall–Kier alpha value is -0.340. The van der Waals surface area contributed by atoms with E-state index in [2.05, 4.69) is 41.0 Å². The van der Waals surface area contributed by atoms with Crippen molar-refractivity contribution in [3.05, 3.63) is 12.7 Å². The standard InChI is InChI=1S/C14H28N4O.HI/c1-5-6-16-14(15-4)17-11-13(12(2)3)18-7-9-19-10-8-18;/h5,12-13H,1,6-11H2,2-4H3,(H2,15,16,17);1H. The summed E-state index contributed by atoms with van der Waals surface area (Å²) in [5.41, 5.74) is 0. The molecule has 0 aliphatic carbocycles. The first-order valence-corrected chi connectivity index (χ1v) is 7.06. The van der Waals surface area contributed by atoms with Crippen molar-refractivity contribution in [3.63, 3.8) is 0 Å². The van der Waals surface area contributed by atoms with Crippen molar-refractivity contribution in [1.29, 1.82) is 0 Å². The van der Waals surface area contributed by atoms with E-state index in [0.717, 1.165) is 45.4 Å². The Morgan fingerprint density at radius 1 is 1.35 bits per heavy atom. The number of morpholine rings is 1. The van der Waals surface area contributed by atoms with Gasteiger partial charge in [0.2, 0.25) is 0 Å². The van der Waals surface area contributed by atoms with E-state index in [4.69, 9.17) is 4.74 Å². The lowest BCUT2D eigenvalue weighted by Crippen LogP contribution is -2.52. The smallest absolute Gasteiger partial charge is 0.191 e. The summed E-state index contributed by atoms with van der Waals surface area (Å²) in [6, 6.07) is 0.506. The van der Waals surface area contributed by atoms with E-state index < -0.39 is 0 Å². The van der Waals surface area contributed by atoms with Gasteiger partial charge in [0.15, 0.2) is 5.96 Å². The first-order chi connectivity index (χ1) is 9.19. The fourth-order valence-corrected chi connectivity index (χ4v) is 2.29. The summed E-state index contributed by atoms with van der Waals surface area (Å²) in [6.07, 6.45) is 1.83. The summed E-state index contributed by atoms with van der Waals surface area (Å²) < 4.78 is 5.42. The van der Waals surface area contributed by atoms with Gasteiger partial charge >= 0.3 is 0 Å². The van der Waals surface area contributed by atoms with Gasteiger partial charge in [-0.25, -0.2) is 0 Å². The van der Waals surface area contributed by atoms with Gasteiger partial charge in [0.05, 0.1) is 13.2 Å². The average molecular weight is 396 g/mol. The van der Waals surface area contributed by atoms with Crippen LogP contribution in [0.15, 0.2) is 17.6 Å². The summed E-state index contributed by atoms with van der Waals surface area (Å²) in [6.45, 7) is 13.6. The van der Waals surface area contributed by atoms with Crippen molar-refractivity contribution in [2.24, 2.45) is 10.9 Å². The molecule has 1 unspecified atom stereocenters. The number of guanidine groups is 1. The van der Waals surface area contributed by atoms with Crippen LogP contribution in [0.4, 0.5) is 0 Å². The highest BCUT2D eigenvalue weighted by Gasteiger charge is 2.23. The maximum absolute atomic E-state index is 5.42. The summed E-state index contributed by atoms with van der Waals surface area (Å²) in [5.74, 6) is 1.43. The van der Waals surface area contributed by atoms with E-state index in [1.807, 2.05) is 6.08 Å². The second-order valence-corrected chi connectivity index (χ2v) is 5.08. The molecule has 0 spiro atoms. The number of nitrogens with zero attached hydrogens (tertiary/aromatic N) is 2. The molecule has 1 fully saturated rings. The van der Waals surface area contributed by atoms with Crippen LogP contribution < -0.4 is 10.6 Å². The molecule has 5 nitrogen and oxygen atoms in total. The molecule has 118 valence electrons. The third-order valence-corrected chi connectivity index (χ3v) is 3.40. The minimum Gasteiger partial charge on any atom is -0.379 e. The second kappa shape index (κ2) is 11.3. The molecular formula is C14H29IN4O. The molecule has 0 aromatic heterocycles. The maximum atomic E-state index is 5.42. The van der Waals surface area contributed by atoms with Crippen molar-refractivity contribution in [3.8, 4) is 0 Å². The monoisotopic (exact) mass is 396 g/mol.